The Morgan fingerprint density at radius 3 is 2.26 bits per heavy atom. The van der Waals surface area contributed by atoms with Gasteiger partial charge in [0.1, 0.15) is 0 Å². The Balaban J connectivity index is 1.46. The third-order valence-electron chi connectivity index (χ3n) is 6.47. The zero-order chi connectivity index (χ0) is 23.7. The monoisotopic (exact) mass is 493 g/mol. The molecule has 7 heteroatoms. The van der Waals surface area contributed by atoms with E-state index in [4.69, 9.17) is 23.2 Å². The van der Waals surface area contributed by atoms with Gasteiger partial charge in [-0.15, -0.1) is 0 Å². The van der Waals surface area contributed by atoms with Gasteiger partial charge in [-0.25, -0.2) is 0 Å². The van der Waals surface area contributed by atoms with E-state index < -0.39 is 0 Å². The number of hydrogen-bond acceptors (Lipinski definition) is 3. The van der Waals surface area contributed by atoms with Crippen LogP contribution in [0.15, 0.2) is 60.7 Å². The number of rotatable bonds is 4. The molecule has 1 N–H and O–H groups in total. The van der Waals surface area contributed by atoms with Gasteiger partial charge in [0.15, 0.2) is 0 Å². The standard InChI is InChI=1S/C27H25Cl2N3O2/c28-21-13-20(14-22(29)15-21)26(33)30-23-7-8-25(24(16-23)27(34)31-10-3-4-11-31)32-12-9-18-5-1-2-6-19(18)17-32/h1-2,5-8,13-16H,3-4,9-12,17H2,(H,30,33). The van der Waals surface area contributed by atoms with E-state index in [1.54, 1.807) is 24.3 Å². The van der Waals surface area contributed by atoms with E-state index >= 15 is 0 Å². The molecular formula is C27H25Cl2N3O2. The second kappa shape index (κ2) is 9.69. The van der Waals surface area contributed by atoms with Gasteiger partial charge >= 0.3 is 0 Å². The van der Waals surface area contributed by atoms with Crippen molar-refractivity contribution in [2.75, 3.05) is 29.9 Å². The number of amides is 2. The van der Waals surface area contributed by atoms with Gasteiger partial charge in [-0.2, -0.15) is 0 Å². The lowest BCUT2D eigenvalue weighted by atomic mass is 9.98. The zero-order valence-electron chi connectivity index (χ0n) is 18.7. The third kappa shape index (κ3) is 4.77. The first-order chi connectivity index (χ1) is 16.5. The zero-order valence-corrected chi connectivity index (χ0v) is 20.2. The summed E-state index contributed by atoms with van der Waals surface area (Å²) >= 11 is 12.1. The summed E-state index contributed by atoms with van der Waals surface area (Å²) in [5.74, 6) is -0.322. The van der Waals surface area contributed by atoms with Gasteiger partial charge < -0.3 is 15.1 Å². The summed E-state index contributed by atoms with van der Waals surface area (Å²) in [6, 6.07) is 18.7. The fraction of sp³-hybridized carbons (Fsp3) is 0.259. The lowest BCUT2D eigenvalue weighted by Gasteiger charge is -2.33. The number of fused-ring (bicyclic) bond motifs is 1. The van der Waals surface area contributed by atoms with Crippen molar-refractivity contribution in [3.8, 4) is 0 Å². The van der Waals surface area contributed by atoms with E-state index in [9.17, 15) is 9.59 Å². The Morgan fingerprint density at radius 2 is 1.53 bits per heavy atom. The first-order valence-corrected chi connectivity index (χ1v) is 12.3. The van der Waals surface area contributed by atoms with Crippen molar-refractivity contribution in [1.82, 2.24) is 4.90 Å². The van der Waals surface area contributed by atoms with Gasteiger partial charge in [0.25, 0.3) is 11.8 Å². The van der Waals surface area contributed by atoms with Gasteiger partial charge in [0, 0.05) is 53.2 Å². The normalized spacial score (nSPS) is 15.2. The van der Waals surface area contributed by atoms with Crippen LogP contribution in [0, 0.1) is 0 Å². The Morgan fingerprint density at radius 1 is 0.824 bits per heavy atom. The summed E-state index contributed by atoms with van der Waals surface area (Å²) in [4.78, 5) is 30.5. The predicted molar refractivity (Wildman–Crippen MR) is 137 cm³/mol. The van der Waals surface area contributed by atoms with Crippen LogP contribution < -0.4 is 10.2 Å². The minimum atomic E-state index is -0.330. The largest absolute Gasteiger partial charge is 0.366 e. The number of carbonyl (C=O) groups excluding carboxylic acids is 2. The summed E-state index contributed by atoms with van der Waals surface area (Å²) in [5, 5.41) is 3.68. The average molecular weight is 494 g/mol. The Hall–Kier alpha value is -3.02. The third-order valence-corrected chi connectivity index (χ3v) is 6.91. The second-order valence-electron chi connectivity index (χ2n) is 8.78. The van der Waals surface area contributed by atoms with E-state index in [-0.39, 0.29) is 11.8 Å². The highest BCUT2D eigenvalue weighted by Crippen LogP contribution is 2.31. The number of carbonyl (C=O) groups is 2. The highest BCUT2D eigenvalue weighted by atomic mass is 35.5. The highest BCUT2D eigenvalue weighted by Gasteiger charge is 2.26. The van der Waals surface area contributed by atoms with Crippen molar-refractivity contribution in [2.45, 2.75) is 25.8 Å². The Labute approximate surface area is 209 Å². The molecule has 2 aliphatic heterocycles. The van der Waals surface area contributed by atoms with E-state index in [1.807, 2.05) is 17.0 Å². The van der Waals surface area contributed by atoms with Crippen molar-refractivity contribution in [1.29, 1.82) is 0 Å². The number of anilines is 2. The number of nitrogens with one attached hydrogen (secondary N) is 1. The van der Waals surface area contributed by atoms with Crippen molar-refractivity contribution in [2.24, 2.45) is 0 Å². The van der Waals surface area contributed by atoms with Crippen LogP contribution in [0.4, 0.5) is 11.4 Å². The number of hydrogen-bond donors (Lipinski definition) is 1. The van der Waals surface area contributed by atoms with Gasteiger partial charge in [-0.3, -0.25) is 9.59 Å². The molecule has 0 aromatic heterocycles. The molecule has 0 saturated carbocycles. The van der Waals surface area contributed by atoms with Crippen LogP contribution in [0.5, 0.6) is 0 Å². The van der Waals surface area contributed by atoms with Gasteiger partial charge in [0.2, 0.25) is 0 Å². The van der Waals surface area contributed by atoms with E-state index in [2.05, 4.69) is 34.5 Å². The molecule has 3 aromatic rings. The second-order valence-corrected chi connectivity index (χ2v) is 9.66. The van der Waals surface area contributed by atoms with Gasteiger partial charge in [-0.05, 0) is 66.8 Å². The quantitative estimate of drug-likeness (QED) is 0.481. The van der Waals surface area contributed by atoms with Crippen LogP contribution in [-0.2, 0) is 13.0 Å². The van der Waals surface area contributed by atoms with Crippen molar-refractivity contribution < 1.29 is 9.59 Å². The molecule has 174 valence electrons. The molecule has 34 heavy (non-hydrogen) atoms. The summed E-state index contributed by atoms with van der Waals surface area (Å²) < 4.78 is 0. The SMILES string of the molecule is O=C(Nc1ccc(N2CCc3ccccc3C2)c(C(=O)N2CCCC2)c1)c1cc(Cl)cc(Cl)c1. The summed E-state index contributed by atoms with van der Waals surface area (Å²) in [7, 11) is 0. The molecular weight excluding hydrogens is 469 g/mol. The van der Waals surface area contributed by atoms with Gasteiger partial charge in [0.05, 0.1) is 5.56 Å². The van der Waals surface area contributed by atoms with Gasteiger partial charge in [-0.1, -0.05) is 47.5 Å². The maximum Gasteiger partial charge on any atom is 0.256 e. The lowest BCUT2D eigenvalue weighted by Crippen LogP contribution is -2.34. The van der Waals surface area contributed by atoms with Crippen LogP contribution in [0.2, 0.25) is 10.0 Å². The lowest BCUT2D eigenvalue weighted by molar-refractivity contribution is 0.0793. The number of benzene rings is 3. The number of halogens is 2. The predicted octanol–water partition coefficient (Wildman–Crippen LogP) is 6.04. The number of nitrogens with zero attached hydrogens (tertiary/aromatic N) is 2. The summed E-state index contributed by atoms with van der Waals surface area (Å²) in [6.07, 6.45) is 2.97. The van der Waals surface area contributed by atoms with Crippen molar-refractivity contribution >= 4 is 46.4 Å². The minimum absolute atomic E-state index is 0.00765. The fourth-order valence-corrected chi connectivity index (χ4v) is 5.27. The van der Waals surface area contributed by atoms with Crippen LogP contribution in [0.25, 0.3) is 0 Å². The first-order valence-electron chi connectivity index (χ1n) is 11.5. The highest BCUT2D eigenvalue weighted by molar-refractivity contribution is 6.35. The molecule has 5 nitrogen and oxygen atoms in total. The molecule has 2 amide bonds. The molecule has 2 aliphatic rings. The molecule has 0 spiro atoms. The maximum absolute atomic E-state index is 13.5. The molecule has 0 aliphatic carbocycles. The van der Waals surface area contributed by atoms with Crippen molar-refractivity contribution in [3.05, 3.63) is 93.0 Å². The molecule has 1 fully saturated rings. The first kappa shape index (κ1) is 22.8. The van der Waals surface area contributed by atoms with E-state index in [1.165, 1.54) is 11.1 Å². The topological polar surface area (TPSA) is 52.7 Å². The average Bonchev–Trinajstić information content (AvgIpc) is 3.38. The molecule has 3 aromatic carbocycles. The molecule has 5 rings (SSSR count). The van der Waals surface area contributed by atoms with E-state index in [0.717, 1.165) is 51.1 Å². The molecule has 0 radical (unpaired) electrons. The van der Waals surface area contributed by atoms with E-state index in [0.29, 0.717) is 26.9 Å². The Kier molecular flexibility index (Phi) is 6.48. The van der Waals surface area contributed by atoms with Crippen LogP contribution in [0.3, 0.4) is 0 Å². The van der Waals surface area contributed by atoms with Crippen LogP contribution in [0.1, 0.15) is 44.7 Å². The summed E-state index contributed by atoms with van der Waals surface area (Å²) in [6.45, 7) is 3.12. The van der Waals surface area contributed by atoms with Crippen molar-refractivity contribution in [3.63, 3.8) is 0 Å². The fourth-order valence-electron chi connectivity index (χ4n) is 4.74. The Bertz CT molecular complexity index is 1230. The maximum atomic E-state index is 13.5. The summed E-state index contributed by atoms with van der Waals surface area (Å²) in [5.41, 5.74) is 5.07. The number of likely N-dealkylation sites (tertiary alicyclic amines) is 1. The molecule has 0 unspecified atom stereocenters. The smallest absolute Gasteiger partial charge is 0.256 e. The molecule has 0 atom stereocenters. The van der Waals surface area contributed by atoms with Crippen LogP contribution in [-0.4, -0.2) is 36.3 Å². The molecule has 0 bridgehead atoms. The minimum Gasteiger partial charge on any atom is -0.366 e. The molecule has 1 saturated heterocycles. The van der Waals surface area contributed by atoms with Crippen LogP contribution >= 0.6 is 23.2 Å². The molecule has 2 heterocycles.